The van der Waals surface area contributed by atoms with Gasteiger partial charge in [-0.3, -0.25) is 19.3 Å². The standard InChI is InChI=1S/C23H22ClFN2O3/c1-3-26(4-2)22(30)23(17-10-7-11-18(24)19(17)25)12-14(13-23)27-20(28)15-8-5-6-9-16(15)21(27)29/h5-11,14H,3-4,12-13H2,1-2H3. The molecule has 156 valence electrons. The zero-order valence-corrected chi connectivity index (χ0v) is 17.6. The fraction of sp³-hybridized carbons (Fsp3) is 0.348. The molecule has 1 aliphatic heterocycles. The highest BCUT2D eigenvalue weighted by atomic mass is 35.5. The molecule has 1 heterocycles. The molecule has 2 aromatic carbocycles. The van der Waals surface area contributed by atoms with Crippen LogP contribution in [0.25, 0.3) is 0 Å². The van der Waals surface area contributed by atoms with E-state index in [0.717, 1.165) is 0 Å². The predicted molar refractivity (Wildman–Crippen MR) is 111 cm³/mol. The normalized spacial score (nSPS) is 22.7. The second kappa shape index (κ2) is 7.51. The molecule has 2 aliphatic rings. The molecule has 0 bridgehead atoms. The summed E-state index contributed by atoms with van der Waals surface area (Å²) in [5, 5.41) is -0.0524. The van der Waals surface area contributed by atoms with Crippen molar-refractivity contribution in [3.63, 3.8) is 0 Å². The fourth-order valence-electron chi connectivity index (χ4n) is 4.66. The number of hydrogen-bond acceptors (Lipinski definition) is 3. The molecule has 0 saturated heterocycles. The minimum atomic E-state index is -1.15. The van der Waals surface area contributed by atoms with Crippen molar-refractivity contribution >= 4 is 29.3 Å². The van der Waals surface area contributed by atoms with Crippen molar-refractivity contribution in [1.82, 2.24) is 9.80 Å². The van der Waals surface area contributed by atoms with Crippen LogP contribution in [0.1, 0.15) is 53.0 Å². The highest BCUT2D eigenvalue weighted by Gasteiger charge is 2.58. The molecule has 0 atom stereocenters. The first-order chi connectivity index (χ1) is 14.4. The van der Waals surface area contributed by atoms with Gasteiger partial charge in [0.25, 0.3) is 11.8 Å². The third-order valence-corrected chi connectivity index (χ3v) is 6.58. The van der Waals surface area contributed by atoms with Gasteiger partial charge in [-0.2, -0.15) is 0 Å². The number of imide groups is 1. The maximum Gasteiger partial charge on any atom is 0.261 e. The number of fused-ring (bicyclic) bond motifs is 1. The van der Waals surface area contributed by atoms with E-state index >= 15 is 0 Å². The Kier molecular flexibility index (Phi) is 5.14. The van der Waals surface area contributed by atoms with E-state index in [1.54, 1.807) is 41.3 Å². The fourth-order valence-corrected chi connectivity index (χ4v) is 4.84. The second-order valence-electron chi connectivity index (χ2n) is 7.75. The van der Waals surface area contributed by atoms with Gasteiger partial charge in [-0.25, -0.2) is 4.39 Å². The maximum atomic E-state index is 15.0. The molecule has 4 rings (SSSR count). The van der Waals surface area contributed by atoms with Gasteiger partial charge >= 0.3 is 0 Å². The van der Waals surface area contributed by atoms with Crippen LogP contribution in [0.15, 0.2) is 42.5 Å². The topological polar surface area (TPSA) is 57.7 Å². The predicted octanol–water partition coefficient (Wildman–Crippen LogP) is 4.04. The van der Waals surface area contributed by atoms with Crippen LogP contribution in [0.5, 0.6) is 0 Å². The van der Waals surface area contributed by atoms with Crippen molar-refractivity contribution in [2.75, 3.05) is 13.1 Å². The Labute approximate surface area is 179 Å². The number of halogens is 2. The van der Waals surface area contributed by atoms with Gasteiger partial charge in [0.2, 0.25) is 5.91 Å². The van der Waals surface area contributed by atoms with Crippen LogP contribution in [0, 0.1) is 5.82 Å². The Morgan fingerprint density at radius 1 is 1.07 bits per heavy atom. The number of rotatable bonds is 5. The lowest BCUT2D eigenvalue weighted by Crippen LogP contribution is -2.62. The number of hydrogen-bond donors (Lipinski definition) is 0. The summed E-state index contributed by atoms with van der Waals surface area (Å²) in [5.41, 5.74) is -0.200. The Balaban J connectivity index is 1.70. The number of amides is 3. The molecule has 1 saturated carbocycles. The van der Waals surface area contributed by atoms with Crippen LogP contribution < -0.4 is 0 Å². The molecule has 7 heteroatoms. The summed E-state index contributed by atoms with van der Waals surface area (Å²) in [6, 6.07) is 10.8. The average Bonchev–Trinajstić information content (AvgIpc) is 2.96. The van der Waals surface area contributed by atoms with Gasteiger partial charge in [0.15, 0.2) is 0 Å². The third kappa shape index (κ3) is 2.85. The molecule has 2 aromatic rings. The van der Waals surface area contributed by atoms with Gasteiger partial charge in [0, 0.05) is 24.7 Å². The molecule has 0 spiro atoms. The van der Waals surface area contributed by atoms with Gasteiger partial charge in [0.05, 0.1) is 21.6 Å². The third-order valence-electron chi connectivity index (χ3n) is 6.29. The monoisotopic (exact) mass is 428 g/mol. The Hall–Kier alpha value is -2.73. The van der Waals surface area contributed by atoms with E-state index in [9.17, 15) is 18.8 Å². The van der Waals surface area contributed by atoms with Crippen LogP contribution in [-0.4, -0.2) is 46.7 Å². The number of carbonyl (C=O) groups is 3. The zero-order valence-electron chi connectivity index (χ0n) is 16.8. The van der Waals surface area contributed by atoms with E-state index in [4.69, 9.17) is 11.6 Å². The quantitative estimate of drug-likeness (QED) is 0.675. The Bertz CT molecular complexity index is 1010. The summed E-state index contributed by atoms with van der Waals surface area (Å²) in [6.07, 6.45) is 0.343. The zero-order chi connectivity index (χ0) is 21.6. The van der Waals surface area contributed by atoms with Crippen molar-refractivity contribution in [2.24, 2.45) is 0 Å². The van der Waals surface area contributed by atoms with Crippen LogP contribution in [0.3, 0.4) is 0 Å². The van der Waals surface area contributed by atoms with E-state index < -0.39 is 17.3 Å². The highest BCUT2D eigenvalue weighted by Crippen LogP contribution is 2.50. The summed E-state index contributed by atoms with van der Waals surface area (Å²) in [4.78, 5) is 42.0. The first kappa shape index (κ1) is 20.5. The summed E-state index contributed by atoms with van der Waals surface area (Å²) in [6.45, 7) is 4.70. The maximum absolute atomic E-state index is 15.0. The minimum absolute atomic E-state index is 0.0524. The molecular weight excluding hydrogens is 407 g/mol. The van der Waals surface area contributed by atoms with Crippen LogP contribution in [0.2, 0.25) is 5.02 Å². The summed E-state index contributed by atoms with van der Waals surface area (Å²) < 4.78 is 15.0. The lowest BCUT2D eigenvalue weighted by atomic mass is 9.60. The van der Waals surface area contributed by atoms with Crippen LogP contribution in [0.4, 0.5) is 4.39 Å². The summed E-state index contributed by atoms with van der Waals surface area (Å²) in [7, 11) is 0. The SMILES string of the molecule is CCN(CC)C(=O)C1(c2cccc(Cl)c2F)CC(N2C(=O)c3ccccc3C2=O)C1. The van der Waals surface area contributed by atoms with Gasteiger partial charge in [-0.15, -0.1) is 0 Å². The molecule has 0 N–H and O–H groups in total. The van der Waals surface area contributed by atoms with E-state index in [-0.39, 0.29) is 41.1 Å². The van der Waals surface area contributed by atoms with E-state index in [1.165, 1.54) is 11.0 Å². The molecular formula is C23H22ClFN2O3. The number of benzene rings is 2. The van der Waals surface area contributed by atoms with E-state index in [2.05, 4.69) is 0 Å². The first-order valence-corrected chi connectivity index (χ1v) is 10.4. The molecule has 0 radical (unpaired) electrons. The van der Waals surface area contributed by atoms with Crippen LogP contribution >= 0.6 is 11.6 Å². The number of likely N-dealkylation sites (N-methyl/N-ethyl adjacent to an activating group) is 1. The Morgan fingerprint density at radius 3 is 2.17 bits per heavy atom. The van der Waals surface area contributed by atoms with E-state index in [1.807, 2.05) is 13.8 Å². The molecule has 30 heavy (non-hydrogen) atoms. The van der Waals surface area contributed by atoms with Crippen molar-refractivity contribution < 1.29 is 18.8 Å². The van der Waals surface area contributed by atoms with Crippen molar-refractivity contribution in [3.8, 4) is 0 Å². The molecule has 5 nitrogen and oxygen atoms in total. The van der Waals surface area contributed by atoms with Crippen molar-refractivity contribution in [1.29, 1.82) is 0 Å². The molecule has 0 unspecified atom stereocenters. The molecule has 3 amide bonds. The van der Waals surface area contributed by atoms with Crippen molar-refractivity contribution in [2.45, 2.75) is 38.1 Å². The van der Waals surface area contributed by atoms with Gasteiger partial charge in [-0.05, 0) is 44.9 Å². The lowest BCUT2D eigenvalue weighted by molar-refractivity contribution is -0.143. The van der Waals surface area contributed by atoms with Crippen LogP contribution in [-0.2, 0) is 10.2 Å². The van der Waals surface area contributed by atoms with Crippen molar-refractivity contribution in [3.05, 3.63) is 70.0 Å². The lowest BCUT2D eigenvalue weighted by Gasteiger charge is -2.50. The summed E-state index contributed by atoms with van der Waals surface area (Å²) in [5.74, 6) is -1.56. The van der Waals surface area contributed by atoms with E-state index in [0.29, 0.717) is 24.2 Å². The molecule has 0 aromatic heterocycles. The first-order valence-electron chi connectivity index (χ1n) is 10.1. The second-order valence-corrected chi connectivity index (χ2v) is 8.16. The smallest absolute Gasteiger partial charge is 0.261 e. The molecule has 1 aliphatic carbocycles. The van der Waals surface area contributed by atoms with Gasteiger partial charge in [0.1, 0.15) is 5.82 Å². The highest BCUT2D eigenvalue weighted by molar-refractivity contribution is 6.30. The number of carbonyl (C=O) groups excluding carboxylic acids is 3. The number of nitrogens with zero attached hydrogens (tertiary/aromatic N) is 2. The Morgan fingerprint density at radius 2 is 1.63 bits per heavy atom. The minimum Gasteiger partial charge on any atom is -0.342 e. The molecule has 1 fully saturated rings. The average molecular weight is 429 g/mol. The van der Waals surface area contributed by atoms with Gasteiger partial charge in [-0.1, -0.05) is 35.9 Å². The summed E-state index contributed by atoms with van der Waals surface area (Å²) >= 11 is 6.01. The largest absolute Gasteiger partial charge is 0.342 e. The van der Waals surface area contributed by atoms with Gasteiger partial charge < -0.3 is 4.90 Å².